The van der Waals surface area contributed by atoms with Crippen LogP contribution >= 0.6 is 0 Å². The highest BCUT2D eigenvalue weighted by Gasteiger charge is 2.10. The number of nitrogens with zero attached hydrogens (tertiary/aromatic N) is 4. The molecule has 0 saturated carbocycles. The third-order valence-electron chi connectivity index (χ3n) is 4.56. The number of ether oxygens (including phenoxy) is 1. The van der Waals surface area contributed by atoms with Crippen molar-refractivity contribution < 1.29 is 9.53 Å². The van der Waals surface area contributed by atoms with Gasteiger partial charge in [-0.25, -0.2) is 15.0 Å². The number of anilines is 3. The maximum atomic E-state index is 12.5. The number of aryl methyl sites for hydroxylation is 1. The second-order valence-corrected chi connectivity index (χ2v) is 6.71. The van der Waals surface area contributed by atoms with Crippen LogP contribution in [0.3, 0.4) is 0 Å². The van der Waals surface area contributed by atoms with Gasteiger partial charge < -0.3 is 15.4 Å². The van der Waals surface area contributed by atoms with E-state index in [1.807, 2.05) is 43.3 Å². The van der Waals surface area contributed by atoms with E-state index in [4.69, 9.17) is 4.74 Å². The molecule has 0 fully saturated rings. The minimum atomic E-state index is -0.264. The van der Waals surface area contributed by atoms with Crippen molar-refractivity contribution in [1.29, 1.82) is 0 Å². The van der Waals surface area contributed by atoms with Gasteiger partial charge in [0.2, 0.25) is 11.8 Å². The van der Waals surface area contributed by atoms with E-state index in [2.05, 4.69) is 30.6 Å². The second-order valence-electron chi connectivity index (χ2n) is 6.71. The zero-order valence-corrected chi connectivity index (χ0v) is 17.0. The number of amides is 1. The van der Waals surface area contributed by atoms with Crippen LogP contribution in [0.25, 0.3) is 11.3 Å². The van der Waals surface area contributed by atoms with E-state index in [1.165, 1.54) is 13.3 Å². The van der Waals surface area contributed by atoms with Crippen LogP contribution in [-0.2, 0) is 0 Å². The molecule has 1 amide bonds. The van der Waals surface area contributed by atoms with E-state index in [-0.39, 0.29) is 5.91 Å². The van der Waals surface area contributed by atoms with Gasteiger partial charge in [-0.3, -0.25) is 9.78 Å². The molecule has 4 aromatic rings. The molecular formula is C23H20N6O2. The first-order valence-electron chi connectivity index (χ1n) is 9.55. The SMILES string of the molecule is COc1ccc(C(=O)Nc2ccc(C)c(Nc3nccc(-c4cccnc4)n3)c2)cn1. The summed E-state index contributed by atoms with van der Waals surface area (Å²) in [6.45, 7) is 1.96. The van der Waals surface area contributed by atoms with Crippen molar-refractivity contribution >= 4 is 23.2 Å². The Hall–Kier alpha value is -4.33. The number of rotatable bonds is 6. The standard InChI is InChI=1S/C23H20N6O2/c1-15-5-7-18(27-22(30)17-6-8-21(31-2)26-14-17)12-20(15)29-23-25-11-9-19(28-23)16-4-3-10-24-13-16/h3-14H,1-2H3,(H,27,30)(H,25,28,29). The van der Waals surface area contributed by atoms with Crippen LogP contribution < -0.4 is 15.4 Å². The highest BCUT2D eigenvalue weighted by atomic mass is 16.5. The Balaban J connectivity index is 1.52. The summed E-state index contributed by atoms with van der Waals surface area (Å²) in [5.74, 6) is 0.638. The van der Waals surface area contributed by atoms with E-state index >= 15 is 0 Å². The maximum Gasteiger partial charge on any atom is 0.257 e. The lowest BCUT2D eigenvalue weighted by Crippen LogP contribution is -2.12. The molecule has 8 heteroatoms. The molecule has 0 saturated heterocycles. The summed E-state index contributed by atoms with van der Waals surface area (Å²) in [6, 6.07) is 14.5. The van der Waals surface area contributed by atoms with E-state index < -0.39 is 0 Å². The fraction of sp³-hybridized carbons (Fsp3) is 0.0870. The zero-order chi connectivity index (χ0) is 21.6. The number of pyridine rings is 2. The Labute approximate surface area is 179 Å². The lowest BCUT2D eigenvalue weighted by Gasteiger charge is -2.12. The molecule has 8 nitrogen and oxygen atoms in total. The van der Waals surface area contributed by atoms with Gasteiger partial charge in [-0.2, -0.15) is 0 Å². The molecule has 0 aliphatic heterocycles. The molecule has 3 heterocycles. The monoisotopic (exact) mass is 412 g/mol. The van der Waals surface area contributed by atoms with Crippen LogP contribution in [0.1, 0.15) is 15.9 Å². The van der Waals surface area contributed by atoms with Crippen molar-refractivity contribution in [2.45, 2.75) is 6.92 Å². The first-order valence-corrected chi connectivity index (χ1v) is 9.55. The van der Waals surface area contributed by atoms with Gasteiger partial charge in [-0.1, -0.05) is 6.07 Å². The zero-order valence-electron chi connectivity index (χ0n) is 17.0. The predicted octanol–water partition coefficient (Wildman–Crippen LogP) is 4.25. The highest BCUT2D eigenvalue weighted by Crippen LogP contribution is 2.24. The quantitative estimate of drug-likeness (QED) is 0.488. The van der Waals surface area contributed by atoms with E-state index in [0.29, 0.717) is 23.1 Å². The first kappa shape index (κ1) is 20.0. The Bertz CT molecular complexity index is 1200. The topological polar surface area (TPSA) is 102 Å². The minimum absolute atomic E-state index is 0.264. The van der Waals surface area contributed by atoms with Crippen molar-refractivity contribution in [2.24, 2.45) is 0 Å². The molecule has 0 unspecified atom stereocenters. The van der Waals surface area contributed by atoms with Crippen molar-refractivity contribution in [3.05, 3.63) is 84.4 Å². The minimum Gasteiger partial charge on any atom is -0.481 e. The van der Waals surface area contributed by atoms with Crippen LogP contribution in [0.4, 0.5) is 17.3 Å². The van der Waals surface area contributed by atoms with Crippen molar-refractivity contribution in [3.63, 3.8) is 0 Å². The molecule has 0 aliphatic carbocycles. The molecule has 4 rings (SSSR count). The van der Waals surface area contributed by atoms with Gasteiger partial charge >= 0.3 is 0 Å². The van der Waals surface area contributed by atoms with Crippen molar-refractivity contribution in [2.75, 3.05) is 17.7 Å². The summed E-state index contributed by atoms with van der Waals surface area (Å²) in [5.41, 5.74) is 4.51. The normalized spacial score (nSPS) is 10.4. The van der Waals surface area contributed by atoms with Crippen LogP contribution in [0.5, 0.6) is 5.88 Å². The molecule has 0 spiro atoms. The lowest BCUT2D eigenvalue weighted by atomic mass is 10.1. The Morgan fingerprint density at radius 2 is 1.90 bits per heavy atom. The number of benzene rings is 1. The molecule has 3 aromatic heterocycles. The van der Waals surface area contributed by atoms with Gasteiger partial charge in [0.15, 0.2) is 0 Å². The summed E-state index contributed by atoms with van der Waals surface area (Å²) in [6.07, 6.45) is 6.63. The molecule has 2 N–H and O–H groups in total. The van der Waals surface area contributed by atoms with E-state index in [0.717, 1.165) is 22.5 Å². The van der Waals surface area contributed by atoms with Crippen molar-refractivity contribution in [3.8, 4) is 17.1 Å². The number of nitrogens with one attached hydrogen (secondary N) is 2. The van der Waals surface area contributed by atoms with E-state index in [9.17, 15) is 4.79 Å². The molecular weight excluding hydrogens is 392 g/mol. The third-order valence-corrected chi connectivity index (χ3v) is 4.56. The number of methoxy groups -OCH3 is 1. The number of aromatic nitrogens is 4. The van der Waals surface area contributed by atoms with Gasteiger partial charge in [0.1, 0.15) is 0 Å². The molecule has 0 bridgehead atoms. The predicted molar refractivity (Wildman–Crippen MR) is 118 cm³/mol. The van der Waals surface area contributed by atoms with Gasteiger partial charge in [0.05, 0.1) is 18.4 Å². The fourth-order valence-electron chi connectivity index (χ4n) is 2.89. The summed E-state index contributed by atoms with van der Waals surface area (Å²) < 4.78 is 5.02. The average Bonchev–Trinajstić information content (AvgIpc) is 2.82. The Kier molecular flexibility index (Phi) is 5.79. The van der Waals surface area contributed by atoms with Crippen molar-refractivity contribution in [1.82, 2.24) is 19.9 Å². The third kappa shape index (κ3) is 4.81. The summed E-state index contributed by atoms with van der Waals surface area (Å²) >= 11 is 0. The molecule has 0 atom stereocenters. The second kappa shape index (κ2) is 9.00. The number of carbonyl (C=O) groups is 1. The molecule has 31 heavy (non-hydrogen) atoms. The van der Waals surface area contributed by atoms with Crippen LogP contribution in [-0.4, -0.2) is 33.0 Å². The molecule has 0 aliphatic rings. The largest absolute Gasteiger partial charge is 0.481 e. The van der Waals surface area contributed by atoms with Gasteiger partial charge in [0.25, 0.3) is 5.91 Å². The number of carbonyl (C=O) groups excluding carboxylic acids is 1. The number of hydrogen-bond donors (Lipinski definition) is 2. The Morgan fingerprint density at radius 3 is 2.65 bits per heavy atom. The lowest BCUT2D eigenvalue weighted by molar-refractivity contribution is 0.102. The highest BCUT2D eigenvalue weighted by molar-refractivity contribution is 6.04. The smallest absolute Gasteiger partial charge is 0.257 e. The molecule has 0 radical (unpaired) electrons. The summed E-state index contributed by atoms with van der Waals surface area (Å²) in [4.78, 5) is 29.6. The van der Waals surface area contributed by atoms with Crippen LogP contribution in [0.15, 0.2) is 73.3 Å². The molecule has 1 aromatic carbocycles. The fourth-order valence-corrected chi connectivity index (χ4v) is 2.89. The van der Waals surface area contributed by atoms with Crippen LogP contribution in [0.2, 0.25) is 0 Å². The first-order chi connectivity index (χ1) is 15.1. The van der Waals surface area contributed by atoms with E-state index in [1.54, 1.807) is 30.7 Å². The molecule has 154 valence electrons. The summed E-state index contributed by atoms with van der Waals surface area (Å²) in [5, 5.41) is 6.11. The van der Waals surface area contributed by atoms with Gasteiger partial charge in [0, 0.05) is 47.8 Å². The maximum absolute atomic E-state index is 12.5. The van der Waals surface area contributed by atoms with Crippen LogP contribution in [0, 0.1) is 6.92 Å². The average molecular weight is 412 g/mol. The Morgan fingerprint density at radius 1 is 1.00 bits per heavy atom. The summed E-state index contributed by atoms with van der Waals surface area (Å²) in [7, 11) is 1.53. The number of hydrogen-bond acceptors (Lipinski definition) is 7. The van der Waals surface area contributed by atoms with Gasteiger partial charge in [-0.15, -0.1) is 0 Å². The van der Waals surface area contributed by atoms with Gasteiger partial charge in [-0.05, 0) is 48.9 Å².